The lowest BCUT2D eigenvalue weighted by Gasteiger charge is -2.26. The van der Waals surface area contributed by atoms with E-state index >= 15 is 0 Å². The maximum atomic E-state index is 14.2. The molecule has 1 N–H and O–H groups in total. The summed E-state index contributed by atoms with van der Waals surface area (Å²) in [4.78, 5) is 0. The molecule has 20 heavy (non-hydrogen) atoms. The van der Waals surface area contributed by atoms with E-state index in [-0.39, 0.29) is 5.82 Å². The van der Waals surface area contributed by atoms with E-state index in [2.05, 4.69) is 12.2 Å². The molecule has 1 saturated carbocycles. The lowest BCUT2D eigenvalue weighted by Crippen LogP contribution is -2.27. The highest BCUT2D eigenvalue weighted by atomic mass is 35.5. The molecule has 0 heterocycles. The first-order valence-electron chi connectivity index (χ1n) is 7.88. The van der Waals surface area contributed by atoms with Crippen molar-refractivity contribution in [2.75, 3.05) is 13.1 Å². The summed E-state index contributed by atoms with van der Waals surface area (Å²) in [5.41, 5.74) is 0.861. The average Bonchev–Trinajstić information content (AvgIpc) is 2.65. The maximum Gasteiger partial charge on any atom is 0.128 e. The SMILES string of the molecule is CCCNCC1CCCCCC1c1ccc(Cl)cc1F. The van der Waals surface area contributed by atoms with E-state index in [1.54, 1.807) is 0 Å². The maximum absolute atomic E-state index is 14.2. The highest BCUT2D eigenvalue weighted by Crippen LogP contribution is 2.37. The van der Waals surface area contributed by atoms with E-state index in [4.69, 9.17) is 11.6 Å². The zero-order valence-electron chi connectivity index (χ0n) is 12.3. The molecule has 0 aliphatic heterocycles. The van der Waals surface area contributed by atoms with Crippen molar-refractivity contribution in [3.8, 4) is 0 Å². The molecule has 1 aliphatic carbocycles. The normalized spacial score (nSPS) is 23.6. The Morgan fingerprint density at radius 2 is 2.05 bits per heavy atom. The Morgan fingerprint density at radius 1 is 1.25 bits per heavy atom. The van der Waals surface area contributed by atoms with Gasteiger partial charge in [0.15, 0.2) is 0 Å². The molecule has 1 aromatic rings. The van der Waals surface area contributed by atoms with Gasteiger partial charge in [-0.05, 0) is 61.9 Å². The molecule has 3 heteroatoms. The Labute approximate surface area is 126 Å². The fourth-order valence-electron chi connectivity index (χ4n) is 3.30. The van der Waals surface area contributed by atoms with E-state index in [0.717, 1.165) is 31.5 Å². The van der Waals surface area contributed by atoms with Crippen LogP contribution >= 0.6 is 11.6 Å². The summed E-state index contributed by atoms with van der Waals surface area (Å²) in [6, 6.07) is 5.17. The molecule has 2 rings (SSSR count). The van der Waals surface area contributed by atoms with Gasteiger partial charge >= 0.3 is 0 Å². The molecule has 1 nitrogen and oxygen atoms in total. The number of hydrogen-bond donors (Lipinski definition) is 1. The van der Waals surface area contributed by atoms with Gasteiger partial charge in [0, 0.05) is 5.02 Å². The summed E-state index contributed by atoms with van der Waals surface area (Å²) in [7, 11) is 0. The second-order valence-electron chi connectivity index (χ2n) is 5.87. The van der Waals surface area contributed by atoms with Gasteiger partial charge in [0.1, 0.15) is 5.82 Å². The summed E-state index contributed by atoms with van der Waals surface area (Å²) in [6.07, 6.45) is 7.18. The molecule has 2 atom stereocenters. The molecule has 0 radical (unpaired) electrons. The average molecular weight is 298 g/mol. The first-order valence-corrected chi connectivity index (χ1v) is 8.25. The van der Waals surface area contributed by atoms with Gasteiger partial charge in [-0.1, -0.05) is 43.9 Å². The third kappa shape index (κ3) is 4.20. The zero-order chi connectivity index (χ0) is 14.4. The molecular weight excluding hydrogens is 273 g/mol. The molecule has 1 aliphatic rings. The highest BCUT2D eigenvalue weighted by molar-refractivity contribution is 6.30. The lowest BCUT2D eigenvalue weighted by molar-refractivity contribution is 0.367. The van der Waals surface area contributed by atoms with Crippen molar-refractivity contribution in [2.45, 2.75) is 51.4 Å². The molecule has 0 bridgehead atoms. The largest absolute Gasteiger partial charge is 0.316 e. The topological polar surface area (TPSA) is 12.0 Å². The molecule has 1 fully saturated rings. The lowest BCUT2D eigenvalue weighted by atomic mass is 9.82. The quantitative estimate of drug-likeness (QED) is 0.586. The van der Waals surface area contributed by atoms with Crippen molar-refractivity contribution in [3.05, 3.63) is 34.6 Å². The van der Waals surface area contributed by atoms with Crippen molar-refractivity contribution < 1.29 is 4.39 Å². The summed E-state index contributed by atoms with van der Waals surface area (Å²) >= 11 is 5.87. The summed E-state index contributed by atoms with van der Waals surface area (Å²) in [6.45, 7) is 4.23. The van der Waals surface area contributed by atoms with Crippen LogP contribution in [0.1, 0.15) is 56.9 Å². The molecule has 0 amide bonds. The molecule has 0 saturated heterocycles. The van der Waals surface area contributed by atoms with E-state index in [1.807, 2.05) is 12.1 Å². The fraction of sp³-hybridized carbons (Fsp3) is 0.647. The Balaban J connectivity index is 2.14. The molecule has 112 valence electrons. The van der Waals surface area contributed by atoms with Crippen LogP contribution < -0.4 is 5.32 Å². The van der Waals surface area contributed by atoms with Crippen LogP contribution in [-0.2, 0) is 0 Å². The Kier molecular flexibility index (Phi) is 6.31. The Bertz CT molecular complexity index is 421. The number of halogens is 2. The van der Waals surface area contributed by atoms with Gasteiger partial charge in [-0.3, -0.25) is 0 Å². The zero-order valence-corrected chi connectivity index (χ0v) is 13.1. The first kappa shape index (κ1) is 15.8. The van der Waals surface area contributed by atoms with Crippen molar-refractivity contribution in [2.24, 2.45) is 5.92 Å². The predicted octanol–water partition coefficient (Wildman–Crippen LogP) is 5.14. The van der Waals surface area contributed by atoms with Crippen LogP contribution in [-0.4, -0.2) is 13.1 Å². The van der Waals surface area contributed by atoms with Gasteiger partial charge in [0.25, 0.3) is 0 Å². The molecule has 1 aromatic carbocycles. The van der Waals surface area contributed by atoms with Gasteiger partial charge in [-0.25, -0.2) is 4.39 Å². The summed E-state index contributed by atoms with van der Waals surface area (Å²) in [5, 5.41) is 4.00. The smallest absolute Gasteiger partial charge is 0.128 e. The van der Waals surface area contributed by atoms with Gasteiger partial charge in [-0.15, -0.1) is 0 Å². The standard InChI is InChI=1S/C17H25ClFN/c1-2-10-20-12-13-6-4-3-5-7-15(13)16-9-8-14(18)11-17(16)19/h8-9,11,13,15,20H,2-7,10,12H2,1H3. The van der Waals surface area contributed by atoms with E-state index in [9.17, 15) is 4.39 Å². The van der Waals surface area contributed by atoms with Crippen LogP contribution in [0.3, 0.4) is 0 Å². The first-order chi connectivity index (χ1) is 9.72. The van der Waals surface area contributed by atoms with Gasteiger partial charge in [-0.2, -0.15) is 0 Å². The fourth-order valence-corrected chi connectivity index (χ4v) is 3.46. The van der Waals surface area contributed by atoms with Crippen LogP contribution in [0.15, 0.2) is 18.2 Å². The number of rotatable bonds is 5. The van der Waals surface area contributed by atoms with E-state index in [1.165, 1.54) is 31.7 Å². The summed E-state index contributed by atoms with van der Waals surface area (Å²) < 4.78 is 14.2. The second-order valence-corrected chi connectivity index (χ2v) is 6.31. The highest BCUT2D eigenvalue weighted by Gasteiger charge is 2.26. The second kappa shape index (κ2) is 7.99. The van der Waals surface area contributed by atoms with Crippen molar-refractivity contribution in [1.82, 2.24) is 5.32 Å². The van der Waals surface area contributed by atoms with Gasteiger partial charge in [0.2, 0.25) is 0 Å². The van der Waals surface area contributed by atoms with Crippen LogP contribution in [0.25, 0.3) is 0 Å². The molecule has 2 unspecified atom stereocenters. The van der Waals surface area contributed by atoms with Crippen LogP contribution in [0, 0.1) is 11.7 Å². The van der Waals surface area contributed by atoms with Gasteiger partial charge in [0.05, 0.1) is 0 Å². The Morgan fingerprint density at radius 3 is 2.80 bits per heavy atom. The number of nitrogens with one attached hydrogen (secondary N) is 1. The van der Waals surface area contributed by atoms with Crippen LogP contribution in [0.5, 0.6) is 0 Å². The Hall–Kier alpha value is -0.600. The van der Waals surface area contributed by atoms with E-state index in [0.29, 0.717) is 16.9 Å². The van der Waals surface area contributed by atoms with E-state index < -0.39 is 0 Å². The molecule has 0 spiro atoms. The molecular formula is C17H25ClFN. The van der Waals surface area contributed by atoms with Crippen molar-refractivity contribution in [1.29, 1.82) is 0 Å². The third-order valence-electron chi connectivity index (χ3n) is 4.35. The molecule has 0 aromatic heterocycles. The van der Waals surface area contributed by atoms with Crippen LogP contribution in [0.2, 0.25) is 5.02 Å². The van der Waals surface area contributed by atoms with Gasteiger partial charge < -0.3 is 5.32 Å². The number of hydrogen-bond acceptors (Lipinski definition) is 1. The summed E-state index contributed by atoms with van der Waals surface area (Å²) in [5.74, 6) is 0.740. The van der Waals surface area contributed by atoms with Crippen molar-refractivity contribution in [3.63, 3.8) is 0 Å². The monoisotopic (exact) mass is 297 g/mol. The minimum absolute atomic E-state index is 0.134. The minimum Gasteiger partial charge on any atom is -0.316 e. The third-order valence-corrected chi connectivity index (χ3v) is 4.59. The number of benzene rings is 1. The minimum atomic E-state index is -0.134. The predicted molar refractivity (Wildman–Crippen MR) is 83.9 cm³/mol. The van der Waals surface area contributed by atoms with Crippen LogP contribution in [0.4, 0.5) is 4.39 Å². The van der Waals surface area contributed by atoms with Crippen molar-refractivity contribution >= 4 is 11.6 Å².